The first-order valence-electron chi connectivity index (χ1n) is 4.92. The first kappa shape index (κ1) is 9.90. The van der Waals surface area contributed by atoms with Gasteiger partial charge in [0.15, 0.2) is 0 Å². The van der Waals surface area contributed by atoms with Crippen LogP contribution in [-0.4, -0.2) is 16.2 Å². The van der Waals surface area contributed by atoms with Crippen LogP contribution in [0.25, 0.3) is 0 Å². The van der Waals surface area contributed by atoms with E-state index in [4.69, 9.17) is 0 Å². The van der Waals surface area contributed by atoms with E-state index in [1.807, 2.05) is 6.92 Å². The minimum absolute atomic E-state index is 0.354. The van der Waals surface area contributed by atoms with Gasteiger partial charge in [0, 0.05) is 6.04 Å². The third-order valence-corrected chi connectivity index (χ3v) is 4.58. The van der Waals surface area contributed by atoms with E-state index in [0.717, 1.165) is 10.1 Å². The fourth-order valence-corrected chi connectivity index (χ4v) is 2.66. The Hall–Kier alpha value is -0.640. The molecule has 1 heterocycles. The van der Waals surface area contributed by atoms with Crippen molar-refractivity contribution >= 4 is 16.5 Å². The quantitative estimate of drug-likeness (QED) is 0.817. The first-order valence-corrected chi connectivity index (χ1v) is 5.74. The molecule has 1 aromatic heterocycles. The molecule has 0 amide bonds. The minimum atomic E-state index is 0.354. The molecular weight excluding hydrogens is 194 g/mol. The van der Waals surface area contributed by atoms with Gasteiger partial charge in [0.1, 0.15) is 5.01 Å². The summed E-state index contributed by atoms with van der Waals surface area (Å²) in [7, 11) is 0. The zero-order valence-electron chi connectivity index (χ0n) is 9.38. The number of rotatable bonds is 2. The average molecular weight is 211 g/mol. The van der Waals surface area contributed by atoms with E-state index in [1.54, 1.807) is 11.3 Å². The Kier molecular flexibility index (Phi) is 1.90. The van der Waals surface area contributed by atoms with Crippen LogP contribution >= 0.6 is 11.3 Å². The van der Waals surface area contributed by atoms with E-state index in [9.17, 15) is 0 Å². The third kappa shape index (κ3) is 1.24. The van der Waals surface area contributed by atoms with Gasteiger partial charge in [-0.3, -0.25) is 0 Å². The molecule has 4 heteroatoms. The molecule has 78 valence electrons. The molecule has 1 aliphatic carbocycles. The number of aromatic nitrogens is 2. The molecule has 1 N–H and O–H groups in total. The smallest absolute Gasteiger partial charge is 0.205 e. The van der Waals surface area contributed by atoms with Crippen molar-refractivity contribution in [2.75, 3.05) is 5.32 Å². The Bertz CT molecular complexity index is 340. The van der Waals surface area contributed by atoms with Crippen molar-refractivity contribution in [3.63, 3.8) is 0 Å². The van der Waals surface area contributed by atoms with Gasteiger partial charge in [-0.2, -0.15) is 0 Å². The minimum Gasteiger partial charge on any atom is -0.356 e. The van der Waals surface area contributed by atoms with Crippen LogP contribution in [0.1, 0.15) is 32.7 Å². The number of aryl methyl sites for hydroxylation is 1. The topological polar surface area (TPSA) is 37.8 Å². The Balaban J connectivity index is 2.08. The van der Waals surface area contributed by atoms with Crippen LogP contribution in [0, 0.1) is 17.8 Å². The highest BCUT2D eigenvalue weighted by Crippen LogP contribution is 2.63. The van der Waals surface area contributed by atoms with Crippen molar-refractivity contribution in [1.82, 2.24) is 10.2 Å². The summed E-state index contributed by atoms with van der Waals surface area (Å²) in [5.41, 5.74) is 0.707. The summed E-state index contributed by atoms with van der Waals surface area (Å²) in [6, 6.07) is 0.516. The predicted molar refractivity (Wildman–Crippen MR) is 59.6 cm³/mol. The molecule has 0 radical (unpaired) electrons. The Labute approximate surface area is 88.9 Å². The van der Waals surface area contributed by atoms with Gasteiger partial charge in [-0.25, -0.2) is 0 Å². The summed E-state index contributed by atoms with van der Waals surface area (Å²) in [6.07, 6.45) is 0. The highest BCUT2D eigenvalue weighted by molar-refractivity contribution is 7.15. The molecular formula is C10H17N3S. The molecule has 1 saturated carbocycles. The fraction of sp³-hybridized carbons (Fsp3) is 0.800. The lowest BCUT2D eigenvalue weighted by atomic mass is 10.0. The zero-order valence-corrected chi connectivity index (χ0v) is 10.2. The predicted octanol–water partition coefficient (Wildman–Crippen LogP) is 2.69. The summed E-state index contributed by atoms with van der Waals surface area (Å²) in [5, 5.41) is 13.5. The van der Waals surface area contributed by atoms with E-state index >= 15 is 0 Å². The van der Waals surface area contributed by atoms with Crippen LogP contribution < -0.4 is 5.32 Å². The molecule has 0 aliphatic heterocycles. The maximum absolute atomic E-state index is 4.08. The Morgan fingerprint density at radius 1 is 1.14 bits per heavy atom. The second-order valence-electron chi connectivity index (χ2n) is 5.15. The van der Waals surface area contributed by atoms with Crippen LogP contribution in [0.15, 0.2) is 0 Å². The molecule has 14 heavy (non-hydrogen) atoms. The van der Waals surface area contributed by atoms with E-state index in [2.05, 4.69) is 43.2 Å². The Morgan fingerprint density at radius 2 is 1.71 bits per heavy atom. The summed E-state index contributed by atoms with van der Waals surface area (Å²) in [6.45, 7) is 11.1. The molecule has 1 aromatic rings. The summed E-state index contributed by atoms with van der Waals surface area (Å²) < 4.78 is 0. The monoisotopic (exact) mass is 211 g/mol. The van der Waals surface area contributed by atoms with Crippen molar-refractivity contribution in [3.8, 4) is 0 Å². The van der Waals surface area contributed by atoms with Crippen molar-refractivity contribution in [3.05, 3.63) is 5.01 Å². The maximum Gasteiger partial charge on any atom is 0.205 e. The largest absolute Gasteiger partial charge is 0.356 e. The number of nitrogens with zero attached hydrogens (tertiary/aromatic N) is 2. The highest BCUT2D eigenvalue weighted by atomic mass is 32.1. The van der Waals surface area contributed by atoms with Crippen molar-refractivity contribution < 1.29 is 0 Å². The molecule has 3 nitrogen and oxygen atoms in total. The molecule has 1 fully saturated rings. The first-order chi connectivity index (χ1) is 6.35. The maximum atomic E-state index is 4.08. The van der Waals surface area contributed by atoms with E-state index in [1.165, 1.54) is 0 Å². The van der Waals surface area contributed by atoms with Crippen LogP contribution in [0.5, 0.6) is 0 Å². The molecule has 0 bridgehead atoms. The molecule has 0 aromatic carbocycles. The van der Waals surface area contributed by atoms with Crippen molar-refractivity contribution in [1.29, 1.82) is 0 Å². The van der Waals surface area contributed by atoms with E-state index in [-0.39, 0.29) is 0 Å². The lowest BCUT2D eigenvalue weighted by molar-refractivity contribution is 0.457. The van der Waals surface area contributed by atoms with Gasteiger partial charge in [0.05, 0.1) is 0 Å². The Morgan fingerprint density at radius 3 is 2.07 bits per heavy atom. The number of hydrogen-bond acceptors (Lipinski definition) is 4. The fourth-order valence-electron chi connectivity index (χ4n) is 2.04. The lowest BCUT2D eigenvalue weighted by Gasteiger charge is -2.02. The normalized spacial score (nSPS) is 23.5. The zero-order chi connectivity index (χ0) is 10.6. The van der Waals surface area contributed by atoms with Crippen LogP contribution in [-0.2, 0) is 0 Å². The SMILES string of the molecule is Cc1nnc(NC2C(C)(C)C2(C)C)s1. The second-order valence-corrected chi connectivity index (χ2v) is 6.33. The summed E-state index contributed by atoms with van der Waals surface area (Å²) >= 11 is 1.62. The van der Waals surface area contributed by atoms with Crippen molar-refractivity contribution in [2.45, 2.75) is 40.7 Å². The van der Waals surface area contributed by atoms with Crippen LogP contribution in [0.2, 0.25) is 0 Å². The van der Waals surface area contributed by atoms with Gasteiger partial charge >= 0.3 is 0 Å². The molecule has 0 saturated heterocycles. The molecule has 0 spiro atoms. The third-order valence-electron chi connectivity index (χ3n) is 3.81. The molecule has 1 aliphatic rings. The summed E-state index contributed by atoms with van der Waals surface area (Å²) in [5.74, 6) is 0. The number of hydrogen-bond donors (Lipinski definition) is 1. The molecule has 0 unspecified atom stereocenters. The molecule has 2 rings (SSSR count). The molecule has 0 atom stereocenters. The van der Waals surface area contributed by atoms with Gasteiger partial charge < -0.3 is 5.32 Å². The average Bonchev–Trinajstić information content (AvgIpc) is 2.47. The second kappa shape index (κ2) is 2.69. The highest BCUT2D eigenvalue weighted by Gasteiger charge is 2.65. The van der Waals surface area contributed by atoms with Crippen LogP contribution in [0.3, 0.4) is 0 Å². The standard InChI is InChI=1S/C10H17N3S/c1-6-12-13-8(14-6)11-7-9(2,3)10(7,4)5/h7H,1-5H3,(H,11,13). The van der Waals surface area contributed by atoms with Gasteiger partial charge in [-0.15, -0.1) is 10.2 Å². The summed E-state index contributed by atoms with van der Waals surface area (Å²) in [4.78, 5) is 0. The van der Waals surface area contributed by atoms with Crippen LogP contribution in [0.4, 0.5) is 5.13 Å². The van der Waals surface area contributed by atoms with E-state index < -0.39 is 0 Å². The number of anilines is 1. The lowest BCUT2D eigenvalue weighted by Crippen LogP contribution is -2.09. The van der Waals surface area contributed by atoms with Gasteiger partial charge in [-0.05, 0) is 17.8 Å². The van der Waals surface area contributed by atoms with Gasteiger partial charge in [0.2, 0.25) is 5.13 Å². The van der Waals surface area contributed by atoms with E-state index in [0.29, 0.717) is 16.9 Å². The van der Waals surface area contributed by atoms with Gasteiger partial charge in [0.25, 0.3) is 0 Å². The van der Waals surface area contributed by atoms with Gasteiger partial charge in [-0.1, -0.05) is 39.0 Å². The number of nitrogens with one attached hydrogen (secondary N) is 1. The van der Waals surface area contributed by atoms with Crippen molar-refractivity contribution in [2.24, 2.45) is 10.8 Å².